The number of ketones is 1. The zero-order valence-electron chi connectivity index (χ0n) is 17.5. The van der Waals surface area contributed by atoms with Crippen LogP contribution in [-0.2, 0) is 4.79 Å². The fourth-order valence-electron chi connectivity index (χ4n) is 3.70. The van der Waals surface area contributed by atoms with E-state index in [0.29, 0.717) is 67.0 Å². The molecule has 0 heterocycles. The second-order valence-electron chi connectivity index (χ2n) is 7.86. The van der Waals surface area contributed by atoms with Crippen LogP contribution in [0.4, 0.5) is 0 Å². The van der Waals surface area contributed by atoms with E-state index >= 15 is 0 Å². The van der Waals surface area contributed by atoms with Gasteiger partial charge in [-0.15, -0.1) is 0 Å². The maximum atomic E-state index is 12.4. The number of hydrogen-bond acceptors (Lipinski definition) is 4. The third-order valence-electron chi connectivity index (χ3n) is 5.54. The summed E-state index contributed by atoms with van der Waals surface area (Å²) >= 11 is 11.9. The summed E-state index contributed by atoms with van der Waals surface area (Å²) in [4.78, 5) is 35.6. The summed E-state index contributed by atoms with van der Waals surface area (Å²) in [6.45, 7) is 0.351. The van der Waals surface area contributed by atoms with Gasteiger partial charge in [0.05, 0.1) is 22.6 Å². The van der Waals surface area contributed by atoms with E-state index < -0.39 is 5.97 Å². The molecule has 0 aromatic heterocycles. The number of ether oxygens (including phenoxy) is 1. The number of benzene rings is 2. The first-order valence-electron chi connectivity index (χ1n) is 10.6. The molecule has 0 aliphatic heterocycles. The summed E-state index contributed by atoms with van der Waals surface area (Å²) in [7, 11) is 0. The van der Waals surface area contributed by atoms with Crippen LogP contribution in [0.3, 0.4) is 0 Å². The lowest BCUT2D eigenvalue weighted by Crippen LogP contribution is -2.27. The van der Waals surface area contributed by atoms with E-state index in [1.54, 1.807) is 36.4 Å². The van der Waals surface area contributed by atoms with Crippen molar-refractivity contribution in [1.82, 2.24) is 5.32 Å². The fourth-order valence-corrected chi connectivity index (χ4v) is 4.20. The van der Waals surface area contributed by atoms with Crippen molar-refractivity contribution in [2.75, 3.05) is 6.54 Å². The molecule has 0 unspecified atom stereocenters. The monoisotopic (exact) mass is 477 g/mol. The number of hydrogen-bond donors (Lipinski definition) is 2. The number of carbonyl (C=O) groups is 3. The SMILES string of the molecule is O=C(CCCNC(=O)c1ccc(Cl)cc1Cl)c1ccc(OC2CCC(C(=O)O)CC2)cc1. The Bertz CT molecular complexity index is 969. The van der Waals surface area contributed by atoms with Crippen LogP contribution in [0, 0.1) is 5.92 Å². The molecule has 32 heavy (non-hydrogen) atoms. The number of rotatable bonds is 9. The second kappa shape index (κ2) is 11.3. The molecule has 1 saturated carbocycles. The molecule has 0 spiro atoms. The molecule has 0 bridgehead atoms. The normalized spacial score (nSPS) is 18.1. The number of nitrogens with one attached hydrogen (secondary N) is 1. The molecule has 0 radical (unpaired) electrons. The molecule has 8 heteroatoms. The first-order chi connectivity index (χ1) is 15.3. The van der Waals surface area contributed by atoms with Gasteiger partial charge in [-0.2, -0.15) is 0 Å². The van der Waals surface area contributed by atoms with Gasteiger partial charge in [-0.1, -0.05) is 23.2 Å². The van der Waals surface area contributed by atoms with Gasteiger partial charge in [0.2, 0.25) is 0 Å². The topological polar surface area (TPSA) is 92.7 Å². The van der Waals surface area contributed by atoms with Crippen LogP contribution in [-0.4, -0.2) is 35.4 Å². The van der Waals surface area contributed by atoms with E-state index in [1.807, 2.05) is 0 Å². The van der Waals surface area contributed by atoms with Crippen molar-refractivity contribution in [2.45, 2.75) is 44.6 Å². The smallest absolute Gasteiger partial charge is 0.306 e. The minimum absolute atomic E-state index is 0.00454. The Morgan fingerprint density at radius 2 is 1.69 bits per heavy atom. The third-order valence-corrected chi connectivity index (χ3v) is 6.09. The van der Waals surface area contributed by atoms with Crippen LogP contribution in [0.15, 0.2) is 42.5 Å². The molecule has 3 rings (SSSR count). The van der Waals surface area contributed by atoms with Crippen molar-refractivity contribution in [3.63, 3.8) is 0 Å². The third kappa shape index (κ3) is 6.71. The molecule has 2 aromatic rings. The van der Waals surface area contributed by atoms with Crippen LogP contribution >= 0.6 is 23.2 Å². The number of Topliss-reactive ketones (excluding diaryl/α,β-unsaturated/α-hetero) is 1. The summed E-state index contributed by atoms with van der Waals surface area (Å²) in [5.41, 5.74) is 0.924. The summed E-state index contributed by atoms with van der Waals surface area (Å²) < 4.78 is 5.93. The highest BCUT2D eigenvalue weighted by atomic mass is 35.5. The van der Waals surface area contributed by atoms with Crippen molar-refractivity contribution in [3.05, 3.63) is 63.6 Å². The number of carboxylic acid groups (broad SMARTS) is 1. The van der Waals surface area contributed by atoms with Gasteiger partial charge >= 0.3 is 5.97 Å². The number of carbonyl (C=O) groups excluding carboxylic acids is 2. The Kier molecular flexibility index (Phi) is 8.53. The maximum absolute atomic E-state index is 12.4. The molecule has 1 aliphatic carbocycles. The minimum Gasteiger partial charge on any atom is -0.490 e. The highest BCUT2D eigenvalue weighted by Gasteiger charge is 2.26. The summed E-state index contributed by atoms with van der Waals surface area (Å²) in [6, 6.07) is 11.7. The van der Waals surface area contributed by atoms with Gasteiger partial charge in [-0.25, -0.2) is 0 Å². The lowest BCUT2D eigenvalue weighted by Gasteiger charge is -2.26. The molecule has 1 fully saturated rings. The molecule has 0 atom stereocenters. The van der Waals surface area contributed by atoms with Crippen molar-refractivity contribution in [3.8, 4) is 5.75 Å². The zero-order chi connectivity index (χ0) is 23.1. The highest BCUT2D eigenvalue weighted by molar-refractivity contribution is 6.36. The maximum Gasteiger partial charge on any atom is 0.306 e. The number of aliphatic carboxylic acids is 1. The fraction of sp³-hybridized carbons (Fsp3) is 0.375. The zero-order valence-corrected chi connectivity index (χ0v) is 19.0. The van der Waals surface area contributed by atoms with E-state index in [0.717, 1.165) is 0 Å². The highest BCUT2D eigenvalue weighted by Crippen LogP contribution is 2.28. The Hall–Kier alpha value is -2.57. The van der Waals surface area contributed by atoms with E-state index in [2.05, 4.69) is 5.32 Å². The van der Waals surface area contributed by atoms with Gasteiger partial charge in [0.25, 0.3) is 5.91 Å². The lowest BCUT2D eigenvalue weighted by molar-refractivity contribution is -0.143. The van der Waals surface area contributed by atoms with Crippen molar-refractivity contribution < 1.29 is 24.2 Å². The van der Waals surface area contributed by atoms with Gasteiger partial charge in [-0.3, -0.25) is 14.4 Å². The van der Waals surface area contributed by atoms with Crippen molar-refractivity contribution in [2.24, 2.45) is 5.92 Å². The van der Waals surface area contributed by atoms with E-state index in [9.17, 15) is 14.4 Å². The van der Waals surface area contributed by atoms with E-state index in [-0.39, 0.29) is 28.7 Å². The van der Waals surface area contributed by atoms with Gasteiger partial charge in [0, 0.05) is 23.6 Å². The Balaban J connectivity index is 1.40. The molecular weight excluding hydrogens is 453 g/mol. The van der Waals surface area contributed by atoms with Gasteiger partial charge in [0.15, 0.2) is 5.78 Å². The summed E-state index contributed by atoms with van der Waals surface area (Å²) in [5, 5.41) is 12.6. The molecule has 2 N–H and O–H groups in total. The quantitative estimate of drug-likeness (QED) is 0.372. The van der Waals surface area contributed by atoms with Crippen molar-refractivity contribution >= 4 is 40.9 Å². The standard InChI is InChI=1S/C24H25Cl2NO5/c25-17-7-12-20(21(26)14-17)23(29)27-13-1-2-22(28)15-3-8-18(9-4-15)32-19-10-5-16(6-11-19)24(30)31/h3-4,7-9,12,14,16,19H,1-2,5-6,10-11,13H2,(H,27,29)(H,30,31). The van der Waals surface area contributed by atoms with Crippen LogP contribution in [0.1, 0.15) is 59.2 Å². The van der Waals surface area contributed by atoms with Gasteiger partial charge < -0.3 is 15.2 Å². The number of amides is 1. The van der Waals surface area contributed by atoms with E-state index in [1.165, 1.54) is 6.07 Å². The Labute approximate surface area is 196 Å². The van der Waals surface area contributed by atoms with Gasteiger partial charge in [0.1, 0.15) is 5.75 Å². The van der Waals surface area contributed by atoms with Gasteiger partial charge in [-0.05, 0) is 74.6 Å². The summed E-state index contributed by atoms with van der Waals surface area (Å²) in [6.07, 6.45) is 3.48. The van der Waals surface area contributed by atoms with E-state index in [4.69, 9.17) is 33.0 Å². The first-order valence-corrected chi connectivity index (χ1v) is 11.3. The molecule has 0 saturated heterocycles. The second-order valence-corrected chi connectivity index (χ2v) is 8.70. The first kappa shape index (κ1) is 24.1. The Morgan fingerprint density at radius 1 is 1.00 bits per heavy atom. The molecule has 2 aromatic carbocycles. The van der Waals surface area contributed by atoms with Crippen LogP contribution < -0.4 is 10.1 Å². The predicted molar refractivity (Wildman–Crippen MR) is 123 cm³/mol. The molecule has 6 nitrogen and oxygen atoms in total. The van der Waals surface area contributed by atoms with Crippen LogP contribution in [0.25, 0.3) is 0 Å². The van der Waals surface area contributed by atoms with Crippen LogP contribution in [0.2, 0.25) is 10.0 Å². The average Bonchev–Trinajstić information content (AvgIpc) is 2.77. The minimum atomic E-state index is -0.736. The van der Waals surface area contributed by atoms with Crippen LogP contribution in [0.5, 0.6) is 5.75 Å². The van der Waals surface area contributed by atoms with Crippen molar-refractivity contribution in [1.29, 1.82) is 0 Å². The molecule has 1 aliphatic rings. The Morgan fingerprint density at radius 3 is 2.31 bits per heavy atom. The molecule has 170 valence electrons. The largest absolute Gasteiger partial charge is 0.490 e. The lowest BCUT2D eigenvalue weighted by atomic mass is 9.87. The predicted octanol–water partition coefficient (Wildman–Crippen LogP) is 5.41. The summed E-state index contributed by atoms with van der Waals surface area (Å²) in [5.74, 6) is -0.662. The molecular formula is C24H25Cl2NO5. The number of halogens is 2. The number of carboxylic acids is 1. The molecule has 1 amide bonds. The average molecular weight is 478 g/mol.